The highest BCUT2D eigenvalue weighted by molar-refractivity contribution is 7.10. The Labute approximate surface area is 236 Å². The first kappa shape index (κ1) is 27.5. The van der Waals surface area contributed by atoms with Crippen molar-refractivity contribution in [3.63, 3.8) is 0 Å². The molecule has 0 saturated carbocycles. The predicted octanol–water partition coefficient (Wildman–Crippen LogP) is 2.48. The Morgan fingerprint density at radius 3 is 2.40 bits per heavy atom. The van der Waals surface area contributed by atoms with Crippen molar-refractivity contribution in [2.45, 2.75) is 37.8 Å². The van der Waals surface area contributed by atoms with E-state index in [4.69, 9.17) is 20.6 Å². The quantitative estimate of drug-likeness (QED) is 0.245. The van der Waals surface area contributed by atoms with Crippen molar-refractivity contribution in [2.75, 3.05) is 19.8 Å². The third-order valence-corrected chi connectivity index (χ3v) is 8.00. The Balaban J connectivity index is 1.24. The van der Waals surface area contributed by atoms with E-state index in [2.05, 4.69) is 10.6 Å². The molecule has 3 heterocycles. The van der Waals surface area contributed by atoms with Crippen LogP contribution in [-0.4, -0.2) is 66.1 Å². The third-order valence-electron chi connectivity index (χ3n) is 7.06. The maximum absolute atomic E-state index is 13.5. The smallest absolute Gasteiger partial charge is 0.251 e. The summed E-state index contributed by atoms with van der Waals surface area (Å²) in [6.45, 7) is 2.68. The lowest BCUT2D eigenvalue weighted by atomic mass is 10.0. The van der Waals surface area contributed by atoms with Gasteiger partial charge in [0.2, 0.25) is 11.8 Å². The van der Waals surface area contributed by atoms with Crippen LogP contribution in [0.5, 0.6) is 0 Å². The monoisotopic (exact) mass is 561 g/mol. The molecule has 2 aliphatic rings. The molecule has 1 aromatic heterocycles. The normalized spacial score (nSPS) is 18.4. The number of hydrogen-bond donors (Lipinski definition) is 4. The SMILES string of the molecule is C[C@@H](NC(=O)c1ccc(-c2ccccc2)cc1)C(=O)N1CC2(C[C@H]1C(=O)NCc1cc(C(=N)N)cs1)OCCO2. The Morgan fingerprint density at radius 2 is 1.75 bits per heavy atom. The first-order valence-corrected chi connectivity index (χ1v) is 13.9. The number of amidine groups is 1. The van der Waals surface area contributed by atoms with Gasteiger partial charge in [0.15, 0.2) is 5.79 Å². The molecule has 2 aromatic carbocycles. The van der Waals surface area contributed by atoms with E-state index in [1.165, 1.54) is 16.2 Å². The van der Waals surface area contributed by atoms with Crippen LogP contribution in [0.4, 0.5) is 0 Å². The van der Waals surface area contributed by atoms with Crippen molar-refractivity contribution in [3.8, 4) is 11.1 Å². The van der Waals surface area contributed by atoms with Gasteiger partial charge in [0.25, 0.3) is 5.91 Å². The van der Waals surface area contributed by atoms with Crippen molar-refractivity contribution in [1.82, 2.24) is 15.5 Å². The Kier molecular flexibility index (Phi) is 7.97. The van der Waals surface area contributed by atoms with Crippen LogP contribution in [-0.2, 0) is 25.6 Å². The van der Waals surface area contributed by atoms with Crippen LogP contribution in [0, 0.1) is 5.41 Å². The minimum atomic E-state index is -1.04. The largest absolute Gasteiger partial charge is 0.384 e. The first-order chi connectivity index (χ1) is 19.2. The molecule has 3 aromatic rings. The molecule has 1 spiro atoms. The number of likely N-dealkylation sites (tertiary alicyclic amines) is 1. The molecule has 0 radical (unpaired) electrons. The summed E-state index contributed by atoms with van der Waals surface area (Å²) in [6, 6.07) is 17.0. The fraction of sp³-hybridized carbons (Fsp3) is 0.310. The van der Waals surface area contributed by atoms with Crippen molar-refractivity contribution >= 4 is 34.9 Å². The van der Waals surface area contributed by atoms with E-state index in [9.17, 15) is 14.4 Å². The lowest BCUT2D eigenvalue weighted by molar-refractivity contribution is -0.153. The minimum absolute atomic E-state index is 0.0398. The average molecular weight is 562 g/mol. The van der Waals surface area contributed by atoms with Gasteiger partial charge in [-0.2, -0.15) is 0 Å². The highest BCUT2D eigenvalue weighted by Crippen LogP contribution is 2.35. The van der Waals surface area contributed by atoms with E-state index < -0.39 is 23.8 Å². The van der Waals surface area contributed by atoms with Gasteiger partial charge in [-0.05, 0) is 36.2 Å². The van der Waals surface area contributed by atoms with E-state index in [0.717, 1.165) is 16.0 Å². The van der Waals surface area contributed by atoms with E-state index in [-0.39, 0.29) is 37.2 Å². The van der Waals surface area contributed by atoms with Gasteiger partial charge in [0.05, 0.1) is 26.3 Å². The van der Waals surface area contributed by atoms with Crippen molar-refractivity contribution in [2.24, 2.45) is 5.73 Å². The number of carbonyl (C=O) groups is 3. The molecule has 0 unspecified atom stereocenters. The molecule has 10 nitrogen and oxygen atoms in total. The number of thiophene rings is 1. The maximum atomic E-state index is 13.5. The van der Waals surface area contributed by atoms with Gasteiger partial charge in [-0.3, -0.25) is 19.8 Å². The summed E-state index contributed by atoms with van der Waals surface area (Å²) in [7, 11) is 0. The van der Waals surface area contributed by atoms with Gasteiger partial charge in [0, 0.05) is 27.8 Å². The summed E-state index contributed by atoms with van der Waals surface area (Å²) in [4.78, 5) is 42.0. The fourth-order valence-electron chi connectivity index (χ4n) is 4.95. The molecule has 3 amide bonds. The number of benzene rings is 2. The highest BCUT2D eigenvalue weighted by atomic mass is 32.1. The highest BCUT2D eigenvalue weighted by Gasteiger charge is 2.53. The van der Waals surface area contributed by atoms with Crippen molar-refractivity contribution in [1.29, 1.82) is 5.41 Å². The Bertz CT molecular complexity index is 1400. The van der Waals surface area contributed by atoms with Crippen LogP contribution < -0.4 is 16.4 Å². The second-order valence-corrected chi connectivity index (χ2v) is 10.9. The molecule has 2 atom stereocenters. The number of nitrogens with zero attached hydrogens (tertiary/aromatic N) is 1. The van der Waals surface area contributed by atoms with Gasteiger partial charge >= 0.3 is 0 Å². The molecule has 2 fully saturated rings. The number of ether oxygens (including phenoxy) is 2. The molecule has 2 saturated heterocycles. The number of nitrogen functional groups attached to an aromatic ring is 1. The van der Waals surface area contributed by atoms with E-state index >= 15 is 0 Å². The average Bonchev–Trinajstić information content (AvgIpc) is 3.72. The Morgan fingerprint density at radius 1 is 1.07 bits per heavy atom. The van der Waals surface area contributed by atoms with Gasteiger partial charge in [-0.25, -0.2) is 0 Å². The minimum Gasteiger partial charge on any atom is -0.384 e. The zero-order valence-electron chi connectivity index (χ0n) is 22.0. The summed E-state index contributed by atoms with van der Waals surface area (Å²) < 4.78 is 11.6. The number of amides is 3. The van der Waals surface area contributed by atoms with Crippen molar-refractivity contribution in [3.05, 3.63) is 82.0 Å². The summed E-state index contributed by atoms with van der Waals surface area (Å²) in [5.74, 6) is -2.22. The molecule has 208 valence electrons. The van der Waals surface area contributed by atoms with E-state index in [1.807, 2.05) is 42.5 Å². The van der Waals surface area contributed by atoms with Gasteiger partial charge in [-0.15, -0.1) is 11.3 Å². The van der Waals surface area contributed by atoms with Gasteiger partial charge in [-0.1, -0.05) is 42.5 Å². The predicted molar refractivity (Wildman–Crippen MR) is 151 cm³/mol. The summed E-state index contributed by atoms with van der Waals surface area (Å²) in [6.07, 6.45) is 0.190. The van der Waals surface area contributed by atoms with E-state index in [1.54, 1.807) is 30.5 Å². The van der Waals surface area contributed by atoms with Gasteiger partial charge < -0.3 is 30.7 Å². The standard InChI is InChI=1S/C29H31N5O5S/c1-18(33-26(35)21-9-7-20(8-10-21)19-5-3-2-4-6-19)28(37)34-17-29(38-11-12-39-29)14-24(34)27(36)32-15-23-13-22(16-40-23)25(30)31/h2-10,13,16,18,24H,11-12,14-15,17H2,1H3,(H3,30,31)(H,32,36)(H,33,35)/t18-,24+/m1/s1. The number of carbonyl (C=O) groups excluding carboxylic acids is 3. The summed E-state index contributed by atoms with van der Waals surface area (Å²) in [5.41, 5.74) is 8.58. The molecule has 5 N–H and O–H groups in total. The molecule has 5 rings (SSSR count). The molecule has 0 bridgehead atoms. The van der Waals surface area contributed by atoms with Gasteiger partial charge in [0.1, 0.15) is 17.9 Å². The van der Waals surface area contributed by atoms with Crippen LogP contribution in [0.25, 0.3) is 11.1 Å². The number of nitrogens with two attached hydrogens (primary N) is 1. The summed E-state index contributed by atoms with van der Waals surface area (Å²) in [5, 5.41) is 14.9. The number of nitrogens with one attached hydrogen (secondary N) is 3. The topological polar surface area (TPSA) is 147 Å². The lowest BCUT2D eigenvalue weighted by Gasteiger charge is -2.27. The van der Waals surface area contributed by atoms with Crippen LogP contribution in [0.2, 0.25) is 0 Å². The second kappa shape index (κ2) is 11.6. The molecule has 40 heavy (non-hydrogen) atoms. The molecule has 11 heteroatoms. The zero-order valence-corrected chi connectivity index (χ0v) is 22.8. The van der Waals surface area contributed by atoms with Crippen molar-refractivity contribution < 1.29 is 23.9 Å². The maximum Gasteiger partial charge on any atom is 0.251 e. The molecular weight excluding hydrogens is 530 g/mol. The zero-order chi connectivity index (χ0) is 28.3. The van der Waals surface area contributed by atoms with Crippen LogP contribution in [0.3, 0.4) is 0 Å². The molecular formula is C29H31N5O5S. The lowest BCUT2D eigenvalue weighted by Crippen LogP contribution is -2.52. The van der Waals surface area contributed by atoms with Crippen LogP contribution in [0.15, 0.2) is 66.0 Å². The first-order valence-electron chi connectivity index (χ1n) is 13.0. The molecule has 0 aliphatic carbocycles. The van der Waals surface area contributed by atoms with E-state index in [0.29, 0.717) is 24.3 Å². The molecule has 2 aliphatic heterocycles. The van der Waals surface area contributed by atoms with Crippen LogP contribution in [0.1, 0.15) is 34.1 Å². The summed E-state index contributed by atoms with van der Waals surface area (Å²) >= 11 is 1.38. The number of rotatable bonds is 8. The fourth-order valence-corrected chi connectivity index (χ4v) is 5.78. The second-order valence-electron chi connectivity index (χ2n) is 9.87. The van der Waals surface area contributed by atoms with Crippen LogP contribution >= 0.6 is 11.3 Å². The third kappa shape index (κ3) is 5.91. The Hall–Kier alpha value is -4.06. The number of hydrogen-bond acceptors (Lipinski definition) is 7.